The van der Waals surface area contributed by atoms with E-state index in [1.807, 2.05) is 0 Å². The van der Waals surface area contributed by atoms with Crippen LogP contribution < -0.4 is 0 Å². The molecule has 0 unspecified atom stereocenters. The van der Waals surface area contributed by atoms with Gasteiger partial charge in [0, 0.05) is 16.6 Å². The van der Waals surface area contributed by atoms with Crippen molar-refractivity contribution in [3.05, 3.63) is 38.3 Å². The summed E-state index contributed by atoms with van der Waals surface area (Å²) in [5.74, 6) is -0.320. The standard InChI is InChI=1S/C9H10BrNO5S/c1-2-16-17(14,15)6-7-3-4-8(11(12)13)5-9(7)10/h3-5H,2,6H2,1H3. The van der Waals surface area contributed by atoms with E-state index in [1.165, 1.54) is 18.2 Å². The van der Waals surface area contributed by atoms with Gasteiger partial charge in [0.25, 0.3) is 15.8 Å². The summed E-state index contributed by atoms with van der Waals surface area (Å²) in [6, 6.07) is 3.90. The molecule has 0 N–H and O–H groups in total. The fourth-order valence-electron chi connectivity index (χ4n) is 1.18. The van der Waals surface area contributed by atoms with E-state index in [0.717, 1.165) is 0 Å². The number of nitrogens with zero attached hydrogens (tertiary/aromatic N) is 1. The lowest BCUT2D eigenvalue weighted by Crippen LogP contribution is -2.09. The molecule has 17 heavy (non-hydrogen) atoms. The van der Waals surface area contributed by atoms with Gasteiger partial charge in [0.05, 0.1) is 11.5 Å². The minimum atomic E-state index is -3.64. The van der Waals surface area contributed by atoms with Crippen molar-refractivity contribution in [1.82, 2.24) is 0 Å². The van der Waals surface area contributed by atoms with Crippen LogP contribution in [-0.4, -0.2) is 19.9 Å². The highest BCUT2D eigenvalue weighted by Crippen LogP contribution is 2.24. The van der Waals surface area contributed by atoms with Gasteiger partial charge in [0.15, 0.2) is 0 Å². The Kier molecular flexibility index (Phi) is 4.61. The lowest BCUT2D eigenvalue weighted by molar-refractivity contribution is -0.384. The molecule has 0 aliphatic heterocycles. The van der Waals surface area contributed by atoms with Gasteiger partial charge in [-0.1, -0.05) is 15.9 Å². The predicted molar refractivity (Wildman–Crippen MR) is 65.0 cm³/mol. The molecule has 0 saturated heterocycles. The number of hydrogen-bond donors (Lipinski definition) is 0. The summed E-state index contributed by atoms with van der Waals surface area (Å²) in [6.45, 7) is 1.63. The van der Waals surface area contributed by atoms with Gasteiger partial charge in [-0.15, -0.1) is 0 Å². The maximum Gasteiger partial charge on any atom is 0.271 e. The Morgan fingerprint density at radius 2 is 2.12 bits per heavy atom. The van der Waals surface area contributed by atoms with Gasteiger partial charge in [-0.3, -0.25) is 14.3 Å². The van der Waals surface area contributed by atoms with Crippen LogP contribution in [0.2, 0.25) is 0 Å². The van der Waals surface area contributed by atoms with Gasteiger partial charge >= 0.3 is 0 Å². The Morgan fingerprint density at radius 3 is 2.59 bits per heavy atom. The van der Waals surface area contributed by atoms with E-state index in [4.69, 9.17) is 0 Å². The predicted octanol–water partition coefficient (Wildman–Crippen LogP) is 2.22. The van der Waals surface area contributed by atoms with Gasteiger partial charge < -0.3 is 0 Å². The smallest absolute Gasteiger partial charge is 0.270 e. The summed E-state index contributed by atoms with van der Waals surface area (Å²) < 4.78 is 27.7. The topological polar surface area (TPSA) is 86.5 Å². The number of nitro groups is 1. The Hall–Kier alpha value is -0.990. The lowest BCUT2D eigenvalue weighted by Gasteiger charge is -2.05. The second-order valence-electron chi connectivity index (χ2n) is 3.14. The van der Waals surface area contributed by atoms with Gasteiger partial charge in [-0.25, -0.2) is 0 Å². The molecule has 0 aromatic heterocycles. The molecule has 0 fully saturated rings. The molecule has 0 spiro atoms. The van der Waals surface area contributed by atoms with Gasteiger partial charge in [-0.05, 0) is 18.6 Å². The quantitative estimate of drug-likeness (QED) is 0.471. The first-order valence-corrected chi connectivity index (χ1v) is 7.02. The Bertz CT molecular complexity index is 528. The Balaban J connectivity index is 2.98. The van der Waals surface area contributed by atoms with Crippen molar-refractivity contribution in [1.29, 1.82) is 0 Å². The molecule has 0 amide bonds. The highest BCUT2D eigenvalue weighted by molar-refractivity contribution is 9.10. The van der Waals surface area contributed by atoms with Crippen LogP contribution >= 0.6 is 15.9 Å². The van der Waals surface area contributed by atoms with Crippen molar-refractivity contribution in [2.75, 3.05) is 6.61 Å². The number of nitro benzene ring substituents is 1. The third-order valence-corrected chi connectivity index (χ3v) is 3.87. The van der Waals surface area contributed by atoms with Crippen LogP contribution in [0.25, 0.3) is 0 Å². The average Bonchev–Trinajstić information content (AvgIpc) is 2.20. The fourth-order valence-corrected chi connectivity index (χ4v) is 2.95. The molecule has 0 radical (unpaired) electrons. The third-order valence-electron chi connectivity index (χ3n) is 1.88. The van der Waals surface area contributed by atoms with E-state index in [0.29, 0.717) is 10.0 Å². The van der Waals surface area contributed by atoms with Gasteiger partial charge in [-0.2, -0.15) is 8.42 Å². The summed E-state index contributed by atoms with van der Waals surface area (Å²) in [7, 11) is -3.64. The highest BCUT2D eigenvalue weighted by atomic mass is 79.9. The summed E-state index contributed by atoms with van der Waals surface area (Å²) in [5, 5.41) is 10.5. The van der Waals surface area contributed by atoms with Crippen LogP contribution in [0.5, 0.6) is 0 Å². The second kappa shape index (κ2) is 5.56. The second-order valence-corrected chi connectivity index (χ2v) is 5.64. The van der Waals surface area contributed by atoms with Crippen molar-refractivity contribution in [2.45, 2.75) is 12.7 Å². The average molecular weight is 324 g/mol. The van der Waals surface area contributed by atoms with Crippen LogP contribution in [0.1, 0.15) is 12.5 Å². The first-order valence-electron chi connectivity index (χ1n) is 4.65. The van der Waals surface area contributed by atoms with E-state index in [9.17, 15) is 18.5 Å². The molecule has 1 aromatic rings. The van der Waals surface area contributed by atoms with Crippen LogP contribution in [-0.2, 0) is 20.1 Å². The van der Waals surface area contributed by atoms with Crippen molar-refractivity contribution in [3.63, 3.8) is 0 Å². The molecule has 1 aromatic carbocycles. The van der Waals surface area contributed by atoms with Crippen LogP contribution in [0.3, 0.4) is 0 Å². The van der Waals surface area contributed by atoms with Crippen LogP contribution in [0.4, 0.5) is 5.69 Å². The first-order chi connectivity index (χ1) is 7.85. The van der Waals surface area contributed by atoms with Crippen molar-refractivity contribution < 1.29 is 17.5 Å². The maximum atomic E-state index is 11.4. The van der Waals surface area contributed by atoms with E-state index in [2.05, 4.69) is 20.1 Å². The lowest BCUT2D eigenvalue weighted by atomic mass is 10.2. The van der Waals surface area contributed by atoms with Gasteiger partial charge in [0.2, 0.25) is 0 Å². The van der Waals surface area contributed by atoms with Crippen LogP contribution in [0.15, 0.2) is 22.7 Å². The molecule has 0 bridgehead atoms. The Morgan fingerprint density at radius 1 is 1.47 bits per heavy atom. The summed E-state index contributed by atoms with van der Waals surface area (Å²) >= 11 is 3.09. The molecule has 0 aliphatic rings. The highest BCUT2D eigenvalue weighted by Gasteiger charge is 2.16. The van der Waals surface area contributed by atoms with E-state index in [1.54, 1.807) is 6.92 Å². The number of halogens is 1. The molecular formula is C9H10BrNO5S. The minimum Gasteiger partial charge on any atom is -0.270 e. The fraction of sp³-hybridized carbons (Fsp3) is 0.333. The third kappa shape index (κ3) is 4.06. The molecule has 0 saturated carbocycles. The molecule has 94 valence electrons. The SMILES string of the molecule is CCOS(=O)(=O)Cc1ccc([N+](=O)[O-])cc1Br. The zero-order valence-electron chi connectivity index (χ0n) is 8.92. The summed E-state index contributed by atoms with van der Waals surface area (Å²) in [5.41, 5.74) is 0.318. The molecule has 0 atom stereocenters. The van der Waals surface area contributed by atoms with Crippen molar-refractivity contribution in [2.24, 2.45) is 0 Å². The number of hydrogen-bond acceptors (Lipinski definition) is 5. The van der Waals surface area contributed by atoms with E-state index < -0.39 is 15.0 Å². The van der Waals surface area contributed by atoms with Gasteiger partial charge in [0.1, 0.15) is 5.75 Å². The summed E-state index contributed by atoms with van der Waals surface area (Å²) in [4.78, 5) is 9.94. The van der Waals surface area contributed by atoms with Crippen LogP contribution in [0, 0.1) is 10.1 Å². The van der Waals surface area contributed by atoms with Crippen molar-refractivity contribution in [3.8, 4) is 0 Å². The molecule has 0 aliphatic carbocycles. The maximum absolute atomic E-state index is 11.4. The minimum absolute atomic E-state index is 0.0624. The van der Waals surface area contributed by atoms with E-state index >= 15 is 0 Å². The van der Waals surface area contributed by atoms with E-state index in [-0.39, 0.29) is 18.0 Å². The number of benzene rings is 1. The zero-order valence-corrected chi connectivity index (χ0v) is 11.3. The number of rotatable bonds is 5. The largest absolute Gasteiger partial charge is 0.271 e. The molecule has 8 heteroatoms. The first kappa shape index (κ1) is 14.1. The molecule has 6 nitrogen and oxygen atoms in total. The molecule has 0 heterocycles. The number of non-ortho nitro benzene ring substituents is 1. The van der Waals surface area contributed by atoms with Crippen molar-refractivity contribution >= 4 is 31.7 Å². The summed E-state index contributed by atoms with van der Waals surface area (Å²) in [6.07, 6.45) is 0. The molecule has 1 rings (SSSR count). The normalized spacial score (nSPS) is 11.4. The zero-order chi connectivity index (χ0) is 13.1. The molecular weight excluding hydrogens is 314 g/mol. The Labute approximate surface area is 107 Å². The monoisotopic (exact) mass is 323 g/mol.